The molecule has 0 unspecified atom stereocenters. The third-order valence-electron chi connectivity index (χ3n) is 1.49. The second-order valence-electron chi connectivity index (χ2n) is 2.34. The van der Waals surface area contributed by atoms with Crippen molar-refractivity contribution in [3.63, 3.8) is 0 Å². The first-order valence-electron chi connectivity index (χ1n) is 3.44. The topological polar surface area (TPSA) is 36.1 Å². The van der Waals surface area contributed by atoms with E-state index in [-0.39, 0.29) is 107 Å². The Morgan fingerprint density at radius 1 is 0.600 bits per heavy atom. The van der Waals surface area contributed by atoms with E-state index in [9.17, 15) is 0 Å². The Morgan fingerprint density at radius 3 is 0.933 bits per heavy atom. The van der Waals surface area contributed by atoms with Crippen LogP contribution in [-0.4, -0.2) is 123 Å². The van der Waals surface area contributed by atoms with Gasteiger partial charge >= 0.3 is 88.7 Å². The minimum atomic E-state index is -0.0188. The summed E-state index contributed by atoms with van der Waals surface area (Å²) in [5.74, 6) is 0. The van der Waals surface area contributed by atoms with Gasteiger partial charge in [0.2, 0.25) is 0 Å². The van der Waals surface area contributed by atoms with Crippen LogP contribution in [-0.2, 0) is 0 Å². The van der Waals surface area contributed by atoms with Gasteiger partial charge in [0, 0.05) is 16.1 Å². The predicted octanol–water partition coefficient (Wildman–Crippen LogP) is -2.20. The van der Waals surface area contributed by atoms with Crippen LogP contribution in [0.25, 0.3) is 0 Å². The van der Waals surface area contributed by atoms with Crippen LogP contribution in [0.1, 0.15) is 0 Å². The average molecular weight is 291 g/mol. The zero-order valence-electron chi connectivity index (χ0n) is 6.19. The third-order valence-corrected chi connectivity index (χ3v) is 2.30. The fraction of sp³-hybridized carbons (Fsp3) is 0.500. The van der Waals surface area contributed by atoms with Crippen LogP contribution in [0.4, 0.5) is 0 Å². The molecule has 9 heteroatoms. The van der Waals surface area contributed by atoms with Crippen molar-refractivity contribution in [2.24, 2.45) is 0 Å². The van der Waals surface area contributed by atoms with Gasteiger partial charge in [-0.25, -0.2) is 0 Å². The molecule has 3 N–H and O–H groups in total. The van der Waals surface area contributed by atoms with Crippen LogP contribution in [0.3, 0.4) is 0 Å². The first-order valence-corrected chi connectivity index (χ1v) is 4.85. The van der Waals surface area contributed by atoms with Crippen molar-refractivity contribution in [1.29, 1.82) is 0 Å². The van der Waals surface area contributed by atoms with Crippen LogP contribution >= 0.6 is 36.7 Å². The van der Waals surface area contributed by atoms with Gasteiger partial charge in [-0.15, -0.1) is 0 Å². The van der Waals surface area contributed by atoms with Crippen LogP contribution in [0.15, 0.2) is 0 Å². The molecule has 0 spiro atoms. The van der Waals surface area contributed by atoms with Crippen molar-refractivity contribution in [1.82, 2.24) is 16.0 Å². The summed E-state index contributed by atoms with van der Waals surface area (Å²) in [5.41, 5.74) is 0. The maximum absolute atomic E-state index is 4.80. The van der Waals surface area contributed by atoms with E-state index < -0.39 is 0 Å². The molecule has 1 fully saturated rings. The van der Waals surface area contributed by atoms with E-state index in [4.69, 9.17) is 36.7 Å². The standard InChI is InChI=1S/C6H9N3S3.3Na.3H/c10-1-4-7-5(2-11)9-6(3-12)8-4;;;;;;/h1-9H;;;;;;. The number of nitrogens with one attached hydrogen (secondary N) is 3. The first-order chi connectivity index (χ1) is 5.80. The van der Waals surface area contributed by atoms with Crippen molar-refractivity contribution in [3.05, 3.63) is 0 Å². The molecule has 3 nitrogen and oxygen atoms in total. The zero-order chi connectivity index (χ0) is 8.97. The zero-order valence-corrected chi connectivity index (χ0v) is 8.64. The quantitative estimate of drug-likeness (QED) is 0.405. The molecule has 0 aliphatic carbocycles. The van der Waals surface area contributed by atoms with E-state index in [0.717, 1.165) is 0 Å². The molecule has 15 heavy (non-hydrogen) atoms. The summed E-state index contributed by atoms with van der Waals surface area (Å²) < 4.78 is 0. The Morgan fingerprint density at radius 2 is 0.800 bits per heavy atom. The van der Waals surface area contributed by atoms with Gasteiger partial charge in [-0.2, -0.15) is 0 Å². The Kier molecular flexibility index (Phi) is 21.1. The fourth-order valence-corrected chi connectivity index (χ4v) is 1.43. The molecule has 0 aromatic carbocycles. The Labute approximate surface area is 173 Å². The summed E-state index contributed by atoms with van der Waals surface area (Å²) in [6, 6.07) is 0. The summed E-state index contributed by atoms with van der Waals surface area (Å²) in [7, 11) is 0. The van der Waals surface area contributed by atoms with Gasteiger partial charge in [-0.05, 0) is 0 Å². The molecule has 0 atom stereocenters. The number of rotatable bonds is 3. The molecular formula is C6H12N3Na3S3. The molecule has 1 saturated heterocycles. The third kappa shape index (κ3) is 8.80. The van der Waals surface area contributed by atoms with E-state index in [1.165, 1.54) is 0 Å². The Bertz CT molecular complexity index is 168. The molecule has 1 rings (SSSR count). The monoisotopic (exact) mass is 291 g/mol. The van der Waals surface area contributed by atoms with Crippen molar-refractivity contribution in [2.45, 2.75) is 18.5 Å². The normalized spacial score (nSPS) is 28.4. The molecule has 0 saturated carbocycles. The second-order valence-corrected chi connectivity index (χ2v) is 3.16. The maximum atomic E-state index is 4.80. The second kappa shape index (κ2) is 13.6. The minimum absolute atomic E-state index is 0. The van der Waals surface area contributed by atoms with Crippen LogP contribution in [0.2, 0.25) is 0 Å². The van der Waals surface area contributed by atoms with E-state index in [1.807, 2.05) is 0 Å². The molecule has 0 aromatic rings. The number of hydrogen-bond acceptors (Lipinski definition) is 6. The van der Waals surface area contributed by atoms with Crippen LogP contribution in [0.5, 0.6) is 0 Å². The molecule has 72 valence electrons. The predicted molar refractivity (Wildman–Crippen MR) is 83.2 cm³/mol. The van der Waals surface area contributed by atoms with Crippen molar-refractivity contribution in [2.75, 3.05) is 0 Å². The van der Waals surface area contributed by atoms with Crippen LogP contribution in [0, 0.1) is 0 Å². The van der Waals surface area contributed by atoms with Gasteiger partial charge in [0.25, 0.3) is 0 Å². The number of hydrogen-bond donors (Lipinski definition) is 3. The fourth-order valence-electron chi connectivity index (χ4n) is 0.960. The average Bonchev–Trinajstić information content (AvgIpc) is 2.16. The van der Waals surface area contributed by atoms with Gasteiger partial charge in [0.05, 0.1) is 18.5 Å². The Balaban J connectivity index is -0.000000480. The molecule has 0 radical (unpaired) electrons. The van der Waals surface area contributed by atoms with Crippen LogP contribution < -0.4 is 16.0 Å². The van der Waals surface area contributed by atoms with E-state index in [1.54, 1.807) is 16.1 Å². The molecule has 1 aliphatic heterocycles. The van der Waals surface area contributed by atoms with Crippen molar-refractivity contribution < 1.29 is 0 Å². The molecule has 0 bridgehead atoms. The summed E-state index contributed by atoms with van der Waals surface area (Å²) >= 11 is 14.4. The van der Waals surface area contributed by atoms with Gasteiger partial charge in [-0.3, -0.25) is 16.0 Å². The van der Waals surface area contributed by atoms with E-state index >= 15 is 0 Å². The molecule has 1 heterocycles. The van der Waals surface area contributed by atoms with Gasteiger partial charge in [-0.1, -0.05) is 36.7 Å². The summed E-state index contributed by atoms with van der Waals surface area (Å²) in [6.07, 6.45) is -0.0565. The molecule has 0 amide bonds. The molecular weight excluding hydrogens is 279 g/mol. The van der Waals surface area contributed by atoms with E-state index in [2.05, 4.69) is 16.0 Å². The van der Waals surface area contributed by atoms with Crippen molar-refractivity contribution >= 4 is 141 Å². The summed E-state index contributed by atoms with van der Waals surface area (Å²) in [4.78, 5) is 0. The molecule has 0 aromatic heterocycles. The molecule has 1 aliphatic rings. The van der Waals surface area contributed by atoms with E-state index in [0.29, 0.717) is 0 Å². The SMILES string of the molecule is S=CC1NC(C=S)NC(C=S)N1.[NaH].[NaH].[NaH]. The van der Waals surface area contributed by atoms with Gasteiger partial charge in [0.15, 0.2) is 0 Å². The number of thiocarbonyl (C=S) groups is 3. The van der Waals surface area contributed by atoms with Crippen molar-refractivity contribution in [3.8, 4) is 0 Å². The Hall–Kier alpha value is 3.15. The van der Waals surface area contributed by atoms with Gasteiger partial charge in [0.1, 0.15) is 0 Å². The summed E-state index contributed by atoms with van der Waals surface area (Å²) in [5, 5.41) is 14.2. The first kappa shape index (κ1) is 23.3. The summed E-state index contributed by atoms with van der Waals surface area (Å²) in [6.45, 7) is 0. The van der Waals surface area contributed by atoms with Gasteiger partial charge < -0.3 is 0 Å².